The van der Waals surface area contributed by atoms with Gasteiger partial charge in [-0.25, -0.2) is 13.2 Å². The molecule has 0 aliphatic rings. The molecule has 0 bridgehead atoms. The van der Waals surface area contributed by atoms with Gasteiger partial charge in [0.2, 0.25) is 0 Å². The minimum absolute atomic E-state index is 0.166. The molecule has 0 aliphatic carbocycles. The molecule has 0 radical (unpaired) electrons. The Morgan fingerprint density at radius 3 is 2.17 bits per heavy atom. The largest absolute Gasteiger partial charge is 0.265 e. The molecule has 12 heavy (non-hydrogen) atoms. The first-order chi connectivity index (χ1) is 5.52. The van der Waals surface area contributed by atoms with E-state index in [-0.39, 0.29) is 14.5 Å². The van der Waals surface area contributed by atoms with Gasteiger partial charge >= 0.3 is 0 Å². The van der Waals surface area contributed by atoms with Crippen molar-refractivity contribution in [3.63, 3.8) is 0 Å². The molecule has 0 spiro atoms. The second kappa shape index (κ2) is 3.79. The lowest BCUT2D eigenvalue weighted by molar-refractivity contribution is 0.150. The van der Waals surface area contributed by atoms with Crippen molar-refractivity contribution >= 4 is 31.9 Å². The van der Waals surface area contributed by atoms with Crippen LogP contribution in [-0.2, 0) is 0 Å². The third-order valence-electron chi connectivity index (χ3n) is 1.27. The first kappa shape index (κ1) is 10.1. The molecule has 0 atom stereocenters. The molecule has 0 saturated heterocycles. The minimum Gasteiger partial charge on any atom is -0.206 e. The maximum atomic E-state index is 12.7. The van der Waals surface area contributed by atoms with Gasteiger partial charge in [0.05, 0.1) is 4.47 Å². The van der Waals surface area contributed by atoms with Crippen molar-refractivity contribution in [2.45, 2.75) is 6.43 Å². The lowest BCUT2D eigenvalue weighted by Crippen LogP contribution is -1.89. The zero-order chi connectivity index (χ0) is 9.30. The summed E-state index contributed by atoms with van der Waals surface area (Å²) in [5, 5.41) is 0. The molecule has 5 heteroatoms. The summed E-state index contributed by atoms with van der Waals surface area (Å²) < 4.78 is 37.3. The van der Waals surface area contributed by atoms with E-state index in [1.54, 1.807) is 0 Å². The lowest BCUT2D eigenvalue weighted by Gasteiger charge is -2.03. The van der Waals surface area contributed by atoms with Crippen molar-refractivity contribution in [3.05, 3.63) is 32.5 Å². The number of hydrogen-bond acceptors (Lipinski definition) is 0. The zero-order valence-electron chi connectivity index (χ0n) is 5.62. The van der Waals surface area contributed by atoms with Crippen molar-refractivity contribution in [1.82, 2.24) is 0 Å². The third kappa shape index (κ3) is 2.01. The highest BCUT2D eigenvalue weighted by Crippen LogP contribution is 2.31. The first-order valence-electron chi connectivity index (χ1n) is 2.95. The van der Waals surface area contributed by atoms with Gasteiger partial charge in [-0.15, -0.1) is 0 Å². The SMILES string of the molecule is Fc1cc(C(F)F)c(Br)cc1Br. The van der Waals surface area contributed by atoms with Crippen molar-refractivity contribution in [1.29, 1.82) is 0 Å². The van der Waals surface area contributed by atoms with Crippen LogP contribution in [0.2, 0.25) is 0 Å². The first-order valence-corrected chi connectivity index (χ1v) is 4.53. The summed E-state index contributed by atoms with van der Waals surface area (Å²) >= 11 is 5.78. The minimum atomic E-state index is -2.66. The van der Waals surface area contributed by atoms with Gasteiger partial charge in [0, 0.05) is 10.0 Å². The molecule has 0 saturated carbocycles. The fraction of sp³-hybridized carbons (Fsp3) is 0.143. The van der Waals surface area contributed by atoms with E-state index in [1.807, 2.05) is 0 Å². The molecular formula is C7H3Br2F3. The fourth-order valence-corrected chi connectivity index (χ4v) is 1.87. The summed E-state index contributed by atoms with van der Waals surface area (Å²) in [7, 11) is 0. The van der Waals surface area contributed by atoms with Gasteiger partial charge in [-0.2, -0.15) is 0 Å². The van der Waals surface area contributed by atoms with Crippen LogP contribution >= 0.6 is 31.9 Å². The van der Waals surface area contributed by atoms with Gasteiger partial charge in [0.15, 0.2) is 0 Å². The number of halogens is 5. The molecule has 0 unspecified atom stereocenters. The normalized spacial score (nSPS) is 10.8. The Hall–Kier alpha value is -0.0300. The maximum absolute atomic E-state index is 12.7. The molecule has 0 N–H and O–H groups in total. The lowest BCUT2D eigenvalue weighted by atomic mass is 10.2. The molecule has 1 aromatic carbocycles. The van der Waals surface area contributed by atoms with Gasteiger partial charge in [-0.05, 0) is 28.1 Å². The molecule has 0 heterocycles. The Kier molecular flexibility index (Phi) is 3.17. The number of alkyl halides is 2. The number of hydrogen-bond donors (Lipinski definition) is 0. The van der Waals surface area contributed by atoms with Crippen LogP contribution in [0.15, 0.2) is 21.1 Å². The molecule has 0 fully saturated rings. The maximum Gasteiger partial charge on any atom is 0.265 e. The highest BCUT2D eigenvalue weighted by molar-refractivity contribution is 9.11. The molecule has 1 aromatic rings. The van der Waals surface area contributed by atoms with Crippen LogP contribution in [0.4, 0.5) is 13.2 Å². The molecular weight excluding hydrogens is 301 g/mol. The Labute approximate surface area is 84.0 Å². The Bertz CT molecular complexity index is 299. The quantitative estimate of drug-likeness (QED) is 0.679. The molecule has 66 valence electrons. The predicted molar refractivity (Wildman–Crippen MR) is 46.8 cm³/mol. The van der Waals surface area contributed by atoms with Crippen molar-refractivity contribution < 1.29 is 13.2 Å². The van der Waals surface area contributed by atoms with E-state index in [4.69, 9.17) is 0 Å². The van der Waals surface area contributed by atoms with Crippen LogP contribution in [0.3, 0.4) is 0 Å². The van der Waals surface area contributed by atoms with E-state index in [2.05, 4.69) is 31.9 Å². The molecule has 0 aliphatic heterocycles. The average molecular weight is 304 g/mol. The Morgan fingerprint density at radius 1 is 1.08 bits per heavy atom. The van der Waals surface area contributed by atoms with Crippen LogP contribution in [-0.4, -0.2) is 0 Å². The van der Waals surface area contributed by atoms with E-state index in [1.165, 1.54) is 6.07 Å². The topological polar surface area (TPSA) is 0 Å². The van der Waals surface area contributed by atoms with Gasteiger partial charge in [-0.3, -0.25) is 0 Å². The third-order valence-corrected chi connectivity index (χ3v) is 2.57. The van der Waals surface area contributed by atoms with Crippen LogP contribution < -0.4 is 0 Å². The summed E-state index contributed by atoms with van der Waals surface area (Å²) in [4.78, 5) is 0. The van der Waals surface area contributed by atoms with E-state index < -0.39 is 12.2 Å². The van der Waals surface area contributed by atoms with Crippen LogP contribution in [0.1, 0.15) is 12.0 Å². The van der Waals surface area contributed by atoms with Gasteiger partial charge in [0.1, 0.15) is 5.82 Å². The molecule has 0 amide bonds. The summed E-state index contributed by atoms with van der Waals surface area (Å²) in [6.45, 7) is 0. The van der Waals surface area contributed by atoms with Crippen molar-refractivity contribution in [3.8, 4) is 0 Å². The van der Waals surface area contributed by atoms with E-state index in [9.17, 15) is 13.2 Å². The average Bonchev–Trinajstić information content (AvgIpc) is 1.96. The van der Waals surface area contributed by atoms with Crippen LogP contribution in [0.5, 0.6) is 0 Å². The molecule has 0 nitrogen and oxygen atoms in total. The summed E-state index contributed by atoms with van der Waals surface area (Å²) in [6, 6.07) is 2.07. The molecule has 0 aromatic heterocycles. The second-order valence-corrected chi connectivity index (χ2v) is 3.80. The molecule has 1 rings (SSSR count). The second-order valence-electron chi connectivity index (χ2n) is 2.09. The van der Waals surface area contributed by atoms with Crippen LogP contribution in [0, 0.1) is 5.82 Å². The summed E-state index contributed by atoms with van der Waals surface area (Å²) in [5.41, 5.74) is -0.337. The predicted octanol–water partition coefficient (Wildman–Crippen LogP) is 4.29. The Balaban J connectivity index is 3.23. The number of benzene rings is 1. The highest BCUT2D eigenvalue weighted by Gasteiger charge is 2.14. The highest BCUT2D eigenvalue weighted by atomic mass is 79.9. The summed E-state index contributed by atoms with van der Waals surface area (Å²) in [5.74, 6) is -0.687. The van der Waals surface area contributed by atoms with E-state index in [0.717, 1.165) is 6.07 Å². The van der Waals surface area contributed by atoms with Gasteiger partial charge in [-0.1, -0.05) is 15.9 Å². The van der Waals surface area contributed by atoms with Crippen molar-refractivity contribution in [2.75, 3.05) is 0 Å². The van der Waals surface area contributed by atoms with Gasteiger partial charge < -0.3 is 0 Å². The zero-order valence-corrected chi connectivity index (χ0v) is 8.79. The number of rotatable bonds is 1. The van der Waals surface area contributed by atoms with E-state index >= 15 is 0 Å². The van der Waals surface area contributed by atoms with Crippen molar-refractivity contribution in [2.24, 2.45) is 0 Å². The van der Waals surface area contributed by atoms with Crippen LogP contribution in [0.25, 0.3) is 0 Å². The van der Waals surface area contributed by atoms with Gasteiger partial charge in [0.25, 0.3) is 6.43 Å². The van der Waals surface area contributed by atoms with E-state index in [0.29, 0.717) is 0 Å². The monoisotopic (exact) mass is 302 g/mol. The summed E-state index contributed by atoms with van der Waals surface area (Å²) in [6.07, 6.45) is -2.66. The standard InChI is InChI=1S/C7H3Br2F3/c8-4-2-5(9)6(10)1-3(4)7(11)12/h1-2,7H. The fourth-order valence-electron chi connectivity index (χ4n) is 0.705. The Morgan fingerprint density at radius 2 is 1.67 bits per heavy atom. The smallest absolute Gasteiger partial charge is 0.206 e.